The average Bonchev–Trinajstić information content (AvgIpc) is 3.27. The standard InChI is InChI=1S/C18H25ClN8/c1-10(2)9-27-15(19)14(11(3)24-27)13-6-5-7-26(13)18-22-16(20)12-8-21-25(4)17(12)23-18/h8,10,13H,5-7,9H2,1-4H3,(H2,20,22,23). The summed E-state index contributed by atoms with van der Waals surface area (Å²) in [6.07, 6.45) is 3.73. The minimum Gasteiger partial charge on any atom is -0.383 e. The number of hydrogen-bond donors (Lipinski definition) is 1. The summed E-state index contributed by atoms with van der Waals surface area (Å²) >= 11 is 6.73. The van der Waals surface area contributed by atoms with Crippen molar-refractivity contribution in [3.05, 3.63) is 22.6 Å². The molecule has 2 N–H and O–H groups in total. The molecule has 0 radical (unpaired) electrons. The molecule has 1 unspecified atom stereocenters. The number of nitrogens with zero attached hydrogens (tertiary/aromatic N) is 7. The molecule has 0 spiro atoms. The first-order valence-corrected chi connectivity index (χ1v) is 9.69. The number of nitrogens with two attached hydrogens (primary N) is 1. The van der Waals surface area contributed by atoms with Gasteiger partial charge >= 0.3 is 0 Å². The highest BCUT2D eigenvalue weighted by Crippen LogP contribution is 2.40. The van der Waals surface area contributed by atoms with Crippen LogP contribution in [0.4, 0.5) is 11.8 Å². The third-order valence-corrected chi connectivity index (χ3v) is 5.50. The van der Waals surface area contributed by atoms with Crippen LogP contribution in [0.3, 0.4) is 0 Å². The molecule has 0 amide bonds. The lowest BCUT2D eigenvalue weighted by Gasteiger charge is -2.25. The van der Waals surface area contributed by atoms with E-state index in [-0.39, 0.29) is 6.04 Å². The summed E-state index contributed by atoms with van der Waals surface area (Å²) < 4.78 is 3.63. The van der Waals surface area contributed by atoms with E-state index in [9.17, 15) is 0 Å². The Bertz CT molecular complexity index is 989. The summed E-state index contributed by atoms with van der Waals surface area (Å²) in [5.74, 6) is 1.55. The molecular weight excluding hydrogens is 364 g/mol. The van der Waals surface area contributed by atoms with Crippen molar-refractivity contribution in [2.24, 2.45) is 13.0 Å². The van der Waals surface area contributed by atoms with Gasteiger partial charge in [0.15, 0.2) is 5.65 Å². The molecule has 27 heavy (non-hydrogen) atoms. The van der Waals surface area contributed by atoms with Crippen LogP contribution in [0.1, 0.15) is 44.0 Å². The molecule has 0 bridgehead atoms. The molecule has 4 rings (SSSR count). The first-order chi connectivity index (χ1) is 12.9. The van der Waals surface area contributed by atoms with Gasteiger partial charge in [-0.1, -0.05) is 25.4 Å². The lowest BCUT2D eigenvalue weighted by molar-refractivity contribution is 0.481. The predicted octanol–water partition coefficient (Wildman–Crippen LogP) is 3.10. The highest BCUT2D eigenvalue weighted by Gasteiger charge is 2.33. The molecule has 3 aromatic heterocycles. The van der Waals surface area contributed by atoms with Crippen LogP contribution < -0.4 is 10.6 Å². The number of hydrogen-bond acceptors (Lipinski definition) is 6. The molecule has 1 fully saturated rings. The normalized spacial score (nSPS) is 17.6. The number of aromatic nitrogens is 6. The topological polar surface area (TPSA) is 90.7 Å². The van der Waals surface area contributed by atoms with Crippen LogP contribution in [0.5, 0.6) is 0 Å². The van der Waals surface area contributed by atoms with E-state index in [2.05, 4.69) is 33.9 Å². The molecule has 0 aromatic carbocycles. The van der Waals surface area contributed by atoms with Crippen LogP contribution in [-0.2, 0) is 13.6 Å². The molecule has 1 saturated heterocycles. The van der Waals surface area contributed by atoms with E-state index >= 15 is 0 Å². The Balaban J connectivity index is 1.75. The first-order valence-electron chi connectivity index (χ1n) is 9.31. The van der Waals surface area contributed by atoms with Crippen molar-refractivity contribution in [1.82, 2.24) is 29.5 Å². The van der Waals surface area contributed by atoms with Crippen molar-refractivity contribution in [3.63, 3.8) is 0 Å². The fourth-order valence-corrected chi connectivity index (χ4v) is 4.25. The average molecular weight is 389 g/mol. The molecule has 0 saturated carbocycles. The minimum atomic E-state index is 0.100. The van der Waals surface area contributed by atoms with Crippen molar-refractivity contribution in [3.8, 4) is 0 Å². The fraction of sp³-hybridized carbons (Fsp3) is 0.556. The van der Waals surface area contributed by atoms with Crippen molar-refractivity contribution >= 4 is 34.4 Å². The van der Waals surface area contributed by atoms with Gasteiger partial charge in [0.2, 0.25) is 5.95 Å². The Morgan fingerprint density at radius 2 is 2.11 bits per heavy atom. The second-order valence-electron chi connectivity index (χ2n) is 7.63. The third-order valence-electron chi connectivity index (χ3n) is 5.10. The van der Waals surface area contributed by atoms with E-state index in [4.69, 9.17) is 22.3 Å². The Morgan fingerprint density at radius 3 is 2.85 bits per heavy atom. The Labute approximate surface area is 163 Å². The van der Waals surface area contributed by atoms with Gasteiger partial charge in [-0.05, 0) is 25.7 Å². The number of aryl methyl sites for hydroxylation is 2. The fourth-order valence-electron chi connectivity index (χ4n) is 3.88. The van der Waals surface area contributed by atoms with Crippen LogP contribution in [0.15, 0.2) is 6.20 Å². The smallest absolute Gasteiger partial charge is 0.229 e. The van der Waals surface area contributed by atoms with Crippen LogP contribution in [0, 0.1) is 12.8 Å². The second kappa shape index (κ2) is 6.67. The number of nitrogen functional groups attached to an aromatic ring is 1. The van der Waals surface area contributed by atoms with Crippen molar-refractivity contribution in [2.75, 3.05) is 17.2 Å². The first kappa shape index (κ1) is 18.0. The van der Waals surface area contributed by atoms with Gasteiger partial charge in [-0.15, -0.1) is 0 Å². The van der Waals surface area contributed by atoms with Crippen LogP contribution in [0.25, 0.3) is 11.0 Å². The van der Waals surface area contributed by atoms with Gasteiger partial charge < -0.3 is 10.6 Å². The molecule has 144 valence electrons. The monoisotopic (exact) mass is 388 g/mol. The van der Waals surface area contributed by atoms with E-state index in [0.29, 0.717) is 22.8 Å². The van der Waals surface area contributed by atoms with E-state index in [1.807, 2.05) is 18.7 Å². The Hall–Kier alpha value is -2.35. The zero-order valence-corrected chi connectivity index (χ0v) is 16.9. The summed E-state index contributed by atoms with van der Waals surface area (Å²) in [4.78, 5) is 11.5. The Kier molecular flexibility index (Phi) is 4.46. The molecule has 8 nitrogen and oxygen atoms in total. The van der Waals surface area contributed by atoms with Gasteiger partial charge in [-0.25, -0.2) is 0 Å². The van der Waals surface area contributed by atoms with Crippen molar-refractivity contribution in [1.29, 1.82) is 0 Å². The summed E-state index contributed by atoms with van der Waals surface area (Å²) in [5, 5.41) is 10.4. The molecule has 4 heterocycles. The van der Waals surface area contributed by atoms with E-state index in [1.165, 1.54) is 0 Å². The minimum absolute atomic E-state index is 0.100. The number of anilines is 2. The molecule has 9 heteroatoms. The lowest BCUT2D eigenvalue weighted by atomic mass is 10.1. The molecule has 1 atom stereocenters. The van der Waals surface area contributed by atoms with Gasteiger partial charge in [0.25, 0.3) is 0 Å². The number of fused-ring (bicyclic) bond motifs is 1. The third kappa shape index (κ3) is 3.01. The van der Waals surface area contributed by atoms with Gasteiger partial charge in [-0.3, -0.25) is 9.36 Å². The van der Waals surface area contributed by atoms with Gasteiger partial charge in [0, 0.05) is 25.7 Å². The van der Waals surface area contributed by atoms with Crippen molar-refractivity contribution in [2.45, 2.75) is 46.2 Å². The maximum atomic E-state index is 6.73. The molecular formula is C18H25ClN8. The molecule has 1 aliphatic heterocycles. The highest BCUT2D eigenvalue weighted by molar-refractivity contribution is 6.30. The summed E-state index contributed by atoms with van der Waals surface area (Å²) in [7, 11) is 1.86. The summed E-state index contributed by atoms with van der Waals surface area (Å²) in [5.41, 5.74) is 8.94. The molecule has 0 aliphatic carbocycles. The van der Waals surface area contributed by atoms with Crippen LogP contribution >= 0.6 is 11.6 Å². The second-order valence-corrected chi connectivity index (χ2v) is 7.99. The van der Waals surface area contributed by atoms with E-state index < -0.39 is 0 Å². The zero-order valence-electron chi connectivity index (χ0n) is 16.1. The highest BCUT2D eigenvalue weighted by atomic mass is 35.5. The SMILES string of the molecule is Cc1nn(CC(C)C)c(Cl)c1C1CCCN1c1nc(N)c2cnn(C)c2n1. The van der Waals surface area contributed by atoms with E-state index in [0.717, 1.165) is 48.2 Å². The lowest BCUT2D eigenvalue weighted by Crippen LogP contribution is -2.25. The summed E-state index contributed by atoms with van der Waals surface area (Å²) in [6, 6.07) is 0.100. The Morgan fingerprint density at radius 1 is 1.33 bits per heavy atom. The van der Waals surface area contributed by atoms with Gasteiger partial charge in [0.05, 0.1) is 23.3 Å². The summed E-state index contributed by atoms with van der Waals surface area (Å²) in [6.45, 7) is 8.01. The van der Waals surface area contributed by atoms with Gasteiger partial charge in [0.1, 0.15) is 11.0 Å². The largest absolute Gasteiger partial charge is 0.383 e. The van der Waals surface area contributed by atoms with Crippen LogP contribution in [-0.4, -0.2) is 36.1 Å². The number of halogens is 1. The molecule has 3 aromatic rings. The quantitative estimate of drug-likeness (QED) is 0.738. The molecule has 1 aliphatic rings. The maximum Gasteiger partial charge on any atom is 0.229 e. The predicted molar refractivity (Wildman–Crippen MR) is 107 cm³/mol. The zero-order chi connectivity index (χ0) is 19.3. The number of rotatable bonds is 4. The van der Waals surface area contributed by atoms with Crippen molar-refractivity contribution < 1.29 is 0 Å². The van der Waals surface area contributed by atoms with Crippen LogP contribution in [0.2, 0.25) is 5.15 Å². The van der Waals surface area contributed by atoms with E-state index in [1.54, 1.807) is 10.9 Å². The maximum absolute atomic E-state index is 6.73. The van der Waals surface area contributed by atoms with Gasteiger partial charge in [-0.2, -0.15) is 20.2 Å².